The van der Waals surface area contributed by atoms with Gasteiger partial charge in [-0.3, -0.25) is 14.4 Å². The number of amides is 4. The number of hydrogen-bond acceptors (Lipinski definition) is 6. The molecule has 11 heteroatoms. The lowest BCUT2D eigenvalue weighted by Crippen LogP contribution is -2.55. The van der Waals surface area contributed by atoms with Crippen molar-refractivity contribution < 1.29 is 33.8 Å². The van der Waals surface area contributed by atoms with Gasteiger partial charge in [0.15, 0.2) is 0 Å². The largest absolute Gasteiger partial charge is 0.480 e. The van der Waals surface area contributed by atoms with Crippen LogP contribution < -0.4 is 21.3 Å². The summed E-state index contributed by atoms with van der Waals surface area (Å²) in [6.45, 7) is 7.86. The van der Waals surface area contributed by atoms with Gasteiger partial charge in [0.05, 0.1) is 6.54 Å². The number of benzene rings is 2. The Morgan fingerprint density at radius 1 is 0.756 bits per heavy atom. The minimum absolute atomic E-state index is 0.0900. The Kier molecular flexibility index (Phi) is 10.5. The lowest BCUT2D eigenvalue weighted by Gasteiger charge is -2.24. The Hall–Kier alpha value is -4.41. The number of carbonyl (C=O) groups is 5. The molecule has 0 aliphatic heterocycles. The van der Waals surface area contributed by atoms with Crippen molar-refractivity contribution in [2.75, 3.05) is 13.2 Å². The minimum Gasteiger partial charge on any atom is -0.480 e. The molecule has 0 saturated heterocycles. The third-order valence-electron chi connectivity index (χ3n) is 6.99. The zero-order valence-electron chi connectivity index (χ0n) is 23.9. The molecule has 3 rings (SSSR count). The van der Waals surface area contributed by atoms with Crippen LogP contribution in [0.1, 0.15) is 51.7 Å². The van der Waals surface area contributed by atoms with E-state index in [9.17, 15) is 29.1 Å². The van der Waals surface area contributed by atoms with E-state index in [4.69, 9.17) is 4.74 Å². The number of carboxylic acid groups (broad SMARTS) is 1. The molecule has 1 aliphatic carbocycles. The summed E-state index contributed by atoms with van der Waals surface area (Å²) in [6, 6.07) is 12.8. The van der Waals surface area contributed by atoms with Gasteiger partial charge in [0.25, 0.3) is 0 Å². The standard InChI is InChI=1S/C30H38N4O7/c1-16(2)25(28(37)32-18(5)27(36)31-14-24(35)33-26(17(3)4)29(38)39)34-30(40)41-15-23-21-12-8-6-10-19(21)20-11-7-9-13-22(20)23/h6-13,16-18,23,25-26H,14-15H2,1-5H3,(H,31,36)(H,32,37)(H,33,35)(H,34,40)(H,38,39)/t18-,25-,26-/m0/s1. The van der Waals surface area contributed by atoms with Gasteiger partial charge in [-0.2, -0.15) is 0 Å². The van der Waals surface area contributed by atoms with Crippen molar-refractivity contribution in [2.24, 2.45) is 11.8 Å². The van der Waals surface area contributed by atoms with Gasteiger partial charge in [0.2, 0.25) is 17.7 Å². The average Bonchev–Trinajstić information content (AvgIpc) is 3.25. The quantitative estimate of drug-likeness (QED) is 0.263. The van der Waals surface area contributed by atoms with E-state index in [1.807, 2.05) is 48.5 Å². The van der Waals surface area contributed by atoms with Crippen LogP contribution >= 0.6 is 0 Å². The van der Waals surface area contributed by atoms with Crippen molar-refractivity contribution in [3.8, 4) is 11.1 Å². The molecule has 0 radical (unpaired) electrons. The smallest absolute Gasteiger partial charge is 0.407 e. The number of nitrogens with one attached hydrogen (secondary N) is 4. The Morgan fingerprint density at radius 2 is 1.29 bits per heavy atom. The van der Waals surface area contributed by atoms with E-state index in [-0.39, 0.29) is 24.4 Å². The summed E-state index contributed by atoms with van der Waals surface area (Å²) in [5, 5.41) is 19.1. The third-order valence-corrected chi connectivity index (χ3v) is 6.99. The predicted octanol–water partition coefficient (Wildman–Crippen LogP) is 2.40. The first-order valence-electron chi connectivity index (χ1n) is 13.6. The van der Waals surface area contributed by atoms with Crippen molar-refractivity contribution in [1.29, 1.82) is 0 Å². The van der Waals surface area contributed by atoms with Crippen LogP contribution in [0.25, 0.3) is 11.1 Å². The Bertz CT molecular complexity index is 1250. The summed E-state index contributed by atoms with van der Waals surface area (Å²) in [5.41, 5.74) is 4.33. The number of carboxylic acids is 1. The van der Waals surface area contributed by atoms with Crippen LogP contribution in [0, 0.1) is 11.8 Å². The fourth-order valence-corrected chi connectivity index (χ4v) is 4.73. The molecule has 0 fully saturated rings. The Morgan fingerprint density at radius 3 is 1.80 bits per heavy atom. The molecule has 41 heavy (non-hydrogen) atoms. The highest BCUT2D eigenvalue weighted by Gasteiger charge is 2.31. The van der Waals surface area contributed by atoms with Crippen molar-refractivity contribution in [3.05, 3.63) is 59.7 Å². The topological polar surface area (TPSA) is 163 Å². The molecule has 0 unspecified atom stereocenters. The number of ether oxygens (including phenoxy) is 1. The molecule has 3 atom stereocenters. The van der Waals surface area contributed by atoms with Crippen molar-refractivity contribution in [2.45, 2.75) is 58.7 Å². The van der Waals surface area contributed by atoms with Gasteiger partial charge in [-0.1, -0.05) is 76.2 Å². The maximum Gasteiger partial charge on any atom is 0.407 e. The van der Waals surface area contributed by atoms with Crippen molar-refractivity contribution in [3.63, 3.8) is 0 Å². The second kappa shape index (κ2) is 13.8. The van der Waals surface area contributed by atoms with Gasteiger partial charge in [-0.05, 0) is 41.0 Å². The van der Waals surface area contributed by atoms with E-state index in [1.165, 1.54) is 6.92 Å². The van der Waals surface area contributed by atoms with Crippen LogP contribution in [0.5, 0.6) is 0 Å². The molecule has 11 nitrogen and oxygen atoms in total. The molecule has 0 spiro atoms. The van der Waals surface area contributed by atoms with E-state index in [0.29, 0.717) is 0 Å². The summed E-state index contributed by atoms with van der Waals surface area (Å²) < 4.78 is 5.56. The van der Waals surface area contributed by atoms with Crippen LogP contribution in [0.3, 0.4) is 0 Å². The number of aliphatic carboxylic acids is 1. The molecule has 0 heterocycles. The van der Waals surface area contributed by atoms with Crippen LogP contribution in [0.4, 0.5) is 4.79 Å². The number of rotatable bonds is 12. The molecule has 0 saturated carbocycles. The highest BCUT2D eigenvalue weighted by atomic mass is 16.5. The fraction of sp³-hybridized carbons (Fsp3) is 0.433. The van der Waals surface area contributed by atoms with Crippen LogP contribution in [-0.2, 0) is 23.9 Å². The highest BCUT2D eigenvalue weighted by Crippen LogP contribution is 2.44. The summed E-state index contributed by atoms with van der Waals surface area (Å²) in [6.07, 6.45) is -0.757. The van der Waals surface area contributed by atoms with E-state index in [2.05, 4.69) is 21.3 Å². The fourth-order valence-electron chi connectivity index (χ4n) is 4.73. The lowest BCUT2D eigenvalue weighted by molar-refractivity contribution is -0.143. The van der Waals surface area contributed by atoms with Crippen molar-refractivity contribution in [1.82, 2.24) is 21.3 Å². The van der Waals surface area contributed by atoms with Crippen molar-refractivity contribution >= 4 is 29.8 Å². The van der Waals surface area contributed by atoms with Gasteiger partial charge >= 0.3 is 12.1 Å². The Balaban J connectivity index is 1.52. The van der Waals surface area contributed by atoms with Gasteiger partial charge in [0.1, 0.15) is 24.7 Å². The SMILES string of the molecule is CC(C)[C@H](NC(=O)CNC(=O)[C@H](C)NC(=O)[C@@H](NC(=O)OCC1c2ccccc2-c2ccccc21)C(C)C)C(=O)O. The normalized spacial score (nSPS) is 14.3. The summed E-state index contributed by atoms with van der Waals surface area (Å²) in [4.78, 5) is 61.5. The molecular weight excluding hydrogens is 528 g/mol. The van der Waals surface area contributed by atoms with Gasteiger partial charge in [-0.15, -0.1) is 0 Å². The first-order chi connectivity index (χ1) is 19.4. The summed E-state index contributed by atoms with van der Waals surface area (Å²) >= 11 is 0. The van der Waals surface area contributed by atoms with Gasteiger partial charge in [-0.25, -0.2) is 9.59 Å². The lowest BCUT2D eigenvalue weighted by atomic mass is 9.98. The number of fused-ring (bicyclic) bond motifs is 3. The minimum atomic E-state index is -1.18. The highest BCUT2D eigenvalue weighted by molar-refractivity contribution is 5.93. The molecule has 0 aromatic heterocycles. The molecule has 2 aromatic carbocycles. The average molecular weight is 567 g/mol. The first kappa shape index (κ1) is 31.1. The second-order valence-electron chi connectivity index (χ2n) is 10.8. The summed E-state index contributed by atoms with van der Waals surface area (Å²) in [7, 11) is 0. The molecule has 4 amide bonds. The maximum absolute atomic E-state index is 13.0. The van der Waals surface area contributed by atoms with Crippen LogP contribution in [0.2, 0.25) is 0 Å². The molecular formula is C30H38N4O7. The third kappa shape index (κ3) is 7.84. The molecule has 1 aliphatic rings. The molecule has 220 valence electrons. The zero-order chi connectivity index (χ0) is 30.3. The predicted molar refractivity (Wildman–Crippen MR) is 152 cm³/mol. The van der Waals surface area contributed by atoms with E-state index >= 15 is 0 Å². The Labute approximate surface area is 239 Å². The monoisotopic (exact) mass is 566 g/mol. The van der Waals surface area contributed by atoms with E-state index in [1.54, 1.807) is 27.7 Å². The van der Waals surface area contributed by atoms with Crippen LogP contribution in [0.15, 0.2) is 48.5 Å². The van der Waals surface area contributed by atoms with Gasteiger partial charge in [0, 0.05) is 5.92 Å². The maximum atomic E-state index is 13.0. The van der Waals surface area contributed by atoms with E-state index in [0.717, 1.165) is 22.3 Å². The zero-order valence-corrected chi connectivity index (χ0v) is 23.9. The van der Waals surface area contributed by atoms with Gasteiger partial charge < -0.3 is 31.1 Å². The summed E-state index contributed by atoms with van der Waals surface area (Å²) in [5.74, 6) is -3.88. The number of hydrogen-bond donors (Lipinski definition) is 5. The number of alkyl carbamates (subject to hydrolysis) is 1. The number of carbonyl (C=O) groups excluding carboxylic acids is 4. The first-order valence-corrected chi connectivity index (χ1v) is 13.6. The molecule has 2 aromatic rings. The van der Waals surface area contributed by atoms with E-state index < -0.39 is 54.5 Å². The second-order valence-corrected chi connectivity index (χ2v) is 10.8. The molecule has 5 N–H and O–H groups in total. The molecule has 0 bridgehead atoms. The van der Waals surface area contributed by atoms with Crippen LogP contribution in [-0.4, -0.2) is 66.2 Å².